The molecule has 0 saturated heterocycles. The normalized spacial score (nSPS) is 15.1. The second-order valence-electron chi connectivity index (χ2n) is 5.44. The molecule has 0 atom stereocenters. The molecular formula is C13H18N2O. The highest BCUT2D eigenvalue weighted by molar-refractivity contribution is 5.82. The van der Waals surface area contributed by atoms with Crippen molar-refractivity contribution in [2.75, 3.05) is 5.73 Å². The third-order valence-electron chi connectivity index (χ3n) is 2.88. The summed E-state index contributed by atoms with van der Waals surface area (Å²) in [4.78, 5) is 14.0. The van der Waals surface area contributed by atoms with Gasteiger partial charge in [-0.1, -0.05) is 26.8 Å². The zero-order valence-electron chi connectivity index (χ0n) is 10.1. The minimum atomic E-state index is -0.312. The van der Waals surface area contributed by atoms with Crippen LogP contribution in [0.2, 0.25) is 0 Å². The van der Waals surface area contributed by atoms with E-state index in [9.17, 15) is 4.79 Å². The van der Waals surface area contributed by atoms with Gasteiger partial charge < -0.3 is 10.6 Å². The van der Waals surface area contributed by atoms with E-state index in [1.54, 1.807) is 0 Å². The molecule has 16 heavy (non-hydrogen) atoms. The summed E-state index contributed by atoms with van der Waals surface area (Å²) in [5.74, 6) is 0.197. The maximum atomic E-state index is 12.1. The third kappa shape index (κ3) is 1.90. The molecule has 1 aromatic carbocycles. The first kappa shape index (κ1) is 11.0. The van der Waals surface area contributed by atoms with Crippen molar-refractivity contribution in [3.8, 4) is 0 Å². The quantitative estimate of drug-likeness (QED) is 0.678. The smallest absolute Gasteiger partial charge is 0.228 e. The molecular weight excluding hydrogens is 200 g/mol. The van der Waals surface area contributed by atoms with Gasteiger partial charge in [0.25, 0.3) is 0 Å². The summed E-state index contributed by atoms with van der Waals surface area (Å²) in [5, 5.41) is 0. The Morgan fingerprint density at radius 1 is 1.25 bits per heavy atom. The van der Waals surface area contributed by atoms with Crippen LogP contribution in [0.5, 0.6) is 0 Å². The first-order valence-corrected chi connectivity index (χ1v) is 5.54. The molecule has 0 fully saturated rings. The lowest BCUT2D eigenvalue weighted by Crippen LogP contribution is -2.35. The highest BCUT2D eigenvalue weighted by atomic mass is 16.2. The lowest BCUT2D eigenvalue weighted by atomic mass is 9.95. The van der Waals surface area contributed by atoms with Crippen LogP contribution < -0.4 is 5.73 Å². The van der Waals surface area contributed by atoms with Gasteiger partial charge in [0, 0.05) is 24.2 Å². The molecule has 1 amide bonds. The molecule has 0 spiro atoms. The molecule has 1 heterocycles. The van der Waals surface area contributed by atoms with Gasteiger partial charge in [-0.3, -0.25) is 4.79 Å². The number of nitrogen functional groups attached to an aromatic ring is 1. The number of carbonyl (C=O) groups is 1. The fourth-order valence-electron chi connectivity index (χ4n) is 2.03. The fourth-order valence-corrected chi connectivity index (χ4v) is 2.03. The van der Waals surface area contributed by atoms with Crippen molar-refractivity contribution in [3.63, 3.8) is 0 Å². The summed E-state index contributed by atoms with van der Waals surface area (Å²) in [5.41, 5.74) is 8.58. The average Bonchev–Trinajstić information content (AvgIpc) is 2.57. The predicted molar refractivity (Wildman–Crippen MR) is 64.6 cm³/mol. The third-order valence-corrected chi connectivity index (χ3v) is 2.88. The number of amides is 1. The number of anilines is 1. The van der Waals surface area contributed by atoms with E-state index in [0.717, 1.165) is 5.69 Å². The zero-order chi connectivity index (χ0) is 11.9. The number of nitrogens with two attached hydrogens (primary N) is 1. The molecule has 0 unspecified atom stereocenters. The summed E-state index contributed by atoms with van der Waals surface area (Å²) < 4.78 is 0. The minimum absolute atomic E-state index is 0.197. The van der Waals surface area contributed by atoms with Gasteiger partial charge in [-0.05, 0) is 23.3 Å². The Bertz CT molecular complexity index is 432. The van der Waals surface area contributed by atoms with E-state index >= 15 is 0 Å². The van der Waals surface area contributed by atoms with Crippen LogP contribution in [0.1, 0.15) is 31.9 Å². The van der Waals surface area contributed by atoms with Gasteiger partial charge in [-0.25, -0.2) is 0 Å². The van der Waals surface area contributed by atoms with E-state index in [0.29, 0.717) is 13.1 Å². The van der Waals surface area contributed by atoms with Crippen LogP contribution in [-0.2, 0) is 17.9 Å². The van der Waals surface area contributed by atoms with Gasteiger partial charge in [-0.15, -0.1) is 0 Å². The number of carbonyl (C=O) groups excluding carboxylic acids is 1. The van der Waals surface area contributed by atoms with Crippen LogP contribution in [0.3, 0.4) is 0 Å². The van der Waals surface area contributed by atoms with Crippen molar-refractivity contribution in [2.45, 2.75) is 33.9 Å². The zero-order valence-corrected chi connectivity index (χ0v) is 10.1. The Hall–Kier alpha value is -1.51. The molecule has 0 aliphatic carbocycles. The van der Waals surface area contributed by atoms with Crippen molar-refractivity contribution in [1.82, 2.24) is 4.90 Å². The Morgan fingerprint density at radius 3 is 2.50 bits per heavy atom. The first-order valence-electron chi connectivity index (χ1n) is 5.54. The van der Waals surface area contributed by atoms with Crippen molar-refractivity contribution in [2.24, 2.45) is 5.41 Å². The average molecular weight is 218 g/mol. The molecule has 2 N–H and O–H groups in total. The van der Waals surface area contributed by atoms with E-state index in [-0.39, 0.29) is 11.3 Å². The van der Waals surface area contributed by atoms with Crippen LogP contribution in [0.15, 0.2) is 18.2 Å². The van der Waals surface area contributed by atoms with Gasteiger partial charge in [0.15, 0.2) is 0 Å². The fraction of sp³-hybridized carbons (Fsp3) is 0.462. The van der Waals surface area contributed by atoms with Crippen molar-refractivity contribution in [1.29, 1.82) is 0 Å². The maximum Gasteiger partial charge on any atom is 0.228 e. The van der Waals surface area contributed by atoms with Gasteiger partial charge in [0.2, 0.25) is 5.91 Å². The molecule has 2 rings (SSSR count). The van der Waals surface area contributed by atoms with Crippen LogP contribution in [0, 0.1) is 5.41 Å². The molecule has 1 aromatic rings. The lowest BCUT2D eigenvalue weighted by Gasteiger charge is -2.25. The minimum Gasteiger partial charge on any atom is -0.399 e. The molecule has 0 bridgehead atoms. The Labute approximate surface area is 96.2 Å². The summed E-state index contributed by atoms with van der Waals surface area (Å²) in [6.45, 7) is 7.26. The number of hydrogen-bond donors (Lipinski definition) is 1. The molecule has 0 aromatic heterocycles. The number of rotatable bonds is 0. The molecule has 1 aliphatic heterocycles. The number of hydrogen-bond acceptors (Lipinski definition) is 2. The number of benzene rings is 1. The summed E-state index contributed by atoms with van der Waals surface area (Å²) in [7, 11) is 0. The molecule has 0 saturated carbocycles. The van der Waals surface area contributed by atoms with Gasteiger partial charge in [0.05, 0.1) is 0 Å². The van der Waals surface area contributed by atoms with Crippen LogP contribution >= 0.6 is 0 Å². The van der Waals surface area contributed by atoms with Gasteiger partial charge >= 0.3 is 0 Å². The first-order chi connectivity index (χ1) is 7.38. The standard InChI is InChI=1S/C13H18N2O/c1-13(2,3)12(16)15-7-9-4-5-11(14)6-10(9)8-15/h4-6H,7-8,14H2,1-3H3. The lowest BCUT2D eigenvalue weighted by molar-refractivity contribution is -0.140. The topological polar surface area (TPSA) is 46.3 Å². The number of nitrogens with zero attached hydrogens (tertiary/aromatic N) is 1. The van der Waals surface area contributed by atoms with Crippen LogP contribution in [-0.4, -0.2) is 10.8 Å². The summed E-state index contributed by atoms with van der Waals surface area (Å²) >= 11 is 0. The van der Waals surface area contributed by atoms with E-state index < -0.39 is 0 Å². The second-order valence-corrected chi connectivity index (χ2v) is 5.44. The molecule has 0 radical (unpaired) electrons. The van der Waals surface area contributed by atoms with Crippen molar-refractivity contribution in [3.05, 3.63) is 29.3 Å². The maximum absolute atomic E-state index is 12.1. The van der Waals surface area contributed by atoms with Crippen molar-refractivity contribution >= 4 is 11.6 Å². The summed E-state index contributed by atoms with van der Waals surface area (Å²) in [6.07, 6.45) is 0. The molecule has 3 heteroatoms. The Kier molecular flexibility index (Phi) is 2.41. The second kappa shape index (κ2) is 3.51. The van der Waals surface area contributed by atoms with E-state index in [1.165, 1.54) is 11.1 Å². The van der Waals surface area contributed by atoms with E-state index in [4.69, 9.17) is 5.73 Å². The molecule has 1 aliphatic rings. The van der Waals surface area contributed by atoms with E-state index in [1.807, 2.05) is 43.9 Å². The number of fused-ring (bicyclic) bond motifs is 1. The van der Waals surface area contributed by atoms with Crippen molar-refractivity contribution < 1.29 is 4.79 Å². The predicted octanol–water partition coefficient (Wildman–Crippen LogP) is 2.16. The van der Waals surface area contributed by atoms with Crippen LogP contribution in [0.4, 0.5) is 5.69 Å². The largest absolute Gasteiger partial charge is 0.399 e. The van der Waals surface area contributed by atoms with E-state index in [2.05, 4.69) is 0 Å². The molecule has 3 nitrogen and oxygen atoms in total. The van der Waals surface area contributed by atoms with Gasteiger partial charge in [0.1, 0.15) is 0 Å². The van der Waals surface area contributed by atoms with Gasteiger partial charge in [-0.2, -0.15) is 0 Å². The monoisotopic (exact) mass is 218 g/mol. The summed E-state index contributed by atoms with van der Waals surface area (Å²) in [6, 6.07) is 5.87. The SMILES string of the molecule is CC(C)(C)C(=O)N1Cc2ccc(N)cc2C1. The Morgan fingerprint density at radius 2 is 1.88 bits per heavy atom. The highest BCUT2D eigenvalue weighted by Crippen LogP contribution is 2.28. The highest BCUT2D eigenvalue weighted by Gasteiger charge is 2.31. The van der Waals surface area contributed by atoms with Crippen LogP contribution in [0.25, 0.3) is 0 Å². The Balaban J connectivity index is 2.20. The molecule has 86 valence electrons.